The minimum Gasteiger partial charge on any atom is -0.387 e. The van der Waals surface area contributed by atoms with Gasteiger partial charge in [0.1, 0.15) is 0 Å². The molecule has 1 aliphatic carbocycles. The van der Waals surface area contributed by atoms with Crippen molar-refractivity contribution in [3.63, 3.8) is 0 Å². The maximum atomic E-state index is 13.5. The second-order valence-corrected chi connectivity index (χ2v) is 5.57. The summed E-state index contributed by atoms with van der Waals surface area (Å²) >= 11 is 0. The van der Waals surface area contributed by atoms with Gasteiger partial charge in [0.25, 0.3) is 0 Å². The first-order valence-corrected chi connectivity index (χ1v) is 6.35. The molecule has 0 amide bonds. The molecule has 5 nitrogen and oxygen atoms in total. The zero-order valence-electron chi connectivity index (χ0n) is 10.4. The van der Waals surface area contributed by atoms with Crippen LogP contribution in [-0.2, 0) is 6.54 Å². The summed E-state index contributed by atoms with van der Waals surface area (Å²) in [7, 11) is 0. The number of hydrogen-bond donors (Lipinski definition) is 1. The Morgan fingerprint density at radius 2 is 2.16 bits per heavy atom. The van der Waals surface area contributed by atoms with Crippen molar-refractivity contribution >= 4 is 5.69 Å². The number of halogens is 1. The highest BCUT2D eigenvalue weighted by Crippen LogP contribution is 2.44. The van der Waals surface area contributed by atoms with Crippen molar-refractivity contribution in [3.8, 4) is 0 Å². The van der Waals surface area contributed by atoms with Gasteiger partial charge in [-0.2, -0.15) is 4.39 Å². The highest BCUT2D eigenvalue weighted by atomic mass is 19.1. The summed E-state index contributed by atoms with van der Waals surface area (Å²) in [5, 5.41) is 20.7. The Kier molecular flexibility index (Phi) is 2.79. The van der Waals surface area contributed by atoms with E-state index in [0.29, 0.717) is 31.1 Å². The van der Waals surface area contributed by atoms with Gasteiger partial charge in [0.2, 0.25) is 5.82 Å². The molecule has 102 valence electrons. The van der Waals surface area contributed by atoms with Crippen molar-refractivity contribution in [2.24, 2.45) is 5.92 Å². The Morgan fingerprint density at radius 1 is 1.47 bits per heavy atom. The van der Waals surface area contributed by atoms with E-state index in [1.165, 1.54) is 12.1 Å². The zero-order chi connectivity index (χ0) is 13.6. The van der Waals surface area contributed by atoms with Crippen molar-refractivity contribution < 1.29 is 14.4 Å². The summed E-state index contributed by atoms with van der Waals surface area (Å²) in [5.41, 5.74) is -0.359. The third-order valence-electron chi connectivity index (χ3n) is 3.95. The molecular formula is C13H15FN2O3. The molecule has 0 spiro atoms. The maximum absolute atomic E-state index is 13.5. The molecule has 1 N–H and O–H groups in total. The van der Waals surface area contributed by atoms with E-state index >= 15 is 0 Å². The van der Waals surface area contributed by atoms with Crippen LogP contribution in [0.3, 0.4) is 0 Å². The quantitative estimate of drug-likeness (QED) is 0.665. The Balaban J connectivity index is 1.62. The van der Waals surface area contributed by atoms with Crippen molar-refractivity contribution in [1.82, 2.24) is 4.90 Å². The summed E-state index contributed by atoms with van der Waals surface area (Å²) in [6.07, 6.45) is 2.19. The summed E-state index contributed by atoms with van der Waals surface area (Å²) < 4.78 is 13.5. The number of nitro groups is 1. The van der Waals surface area contributed by atoms with E-state index < -0.39 is 22.0 Å². The second-order valence-electron chi connectivity index (χ2n) is 5.57. The fourth-order valence-electron chi connectivity index (χ4n) is 2.77. The number of nitro benzene ring substituents is 1. The second kappa shape index (κ2) is 4.25. The standard InChI is InChI=1S/C13H15FN2O3/c14-11-5-9(1-4-12(11)16(18)19)6-15-7-13(17,8-15)10-2-3-10/h1,4-5,10,17H,2-3,6-8H2. The number of benzene rings is 1. The predicted octanol–water partition coefficient (Wildman–Crippen LogP) is 1.69. The van der Waals surface area contributed by atoms with E-state index in [1.807, 2.05) is 4.90 Å². The summed E-state index contributed by atoms with van der Waals surface area (Å²) in [4.78, 5) is 11.8. The minimum atomic E-state index is -0.805. The maximum Gasteiger partial charge on any atom is 0.304 e. The van der Waals surface area contributed by atoms with E-state index in [0.717, 1.165) is 12.8 Å². The Morgan fingerprint density at radius 3 is 2.68 bits per heavy atom. The highest BCUT2D eigenvalue weighted by Gasteiger charge is 2.51. The van der Waals surface area contributed by atoms with Crippen LogP contribution in [0.5, 0.6) is 0 Å². The molecule has 1 heterocycles. The minimum absolute atomic E-state index is 0.428. The average Bonchev–Trinajstić information content (AvgIpc) is 3.10. The third-order valence-corrected chi connectivity index (χ3v) is 3.95. The topological polar surface area (TPSA) is 66.6 Å². The number of rotatable bonds is 4. The van der Waals surface area contributed by atoms with Crippen LogP contribution in [-0.4, -0.2) is 33.6 Å². The largest absolute Gasteiger partial charge is 0.387 e. The Bertz CT molecular complexity index is 525. The van der Waals surface area contributed by atoms with Gasteiger partial charge in [-0.15, -0.1) is 0 Å². The molecule has 1 saturated heterocycles. The summed E-state index contributed by atoms with van der Waals surface area (Å²) in [6, 6.07) is 3.96. The van der Waals surface area contributed by atoms with Gasteiger partial charge in [0, 0.05) is 25.7 Å². The van der Waals surface area contributed by atoms with Crippen LogP contribution in [0.2, 0.25) is 0 Å². The van der Waals surface area contributed by atoms with Crippen molar-refractivity contribution in [2.75, 3.05) is 13.1 Å². The van der Waals surface area contributed by atoms with Crippen LogP contribution in [0.4, 0.5) is 10.1 Å². The van der Waals surface area contributed by atoms with E-state index in [9.17, 15) is 19.6 Å². The van der Waals surface area contributed by atoms with Gasteiger partial charge in [-0.3, -0.25) is 15.0 Å². The number of aliphatic hydroxyl groups is 1. The molecule has 1 saturated carbocycles. The molecule has 3 rings (SSSR count). The highest BCUT2D eigenvalue weighted by molar-refractivity contribution is 5.35. The molecule has 0 atom stereocenters. The average molecular weight is 266 g/mol. The number of likely N-dealkylation sites (tertiary alicyclic amines) is 1. The van der Waals surface area contributed by atoms with Gasteiger partial charge in [-0.1, -0.05) is 6.07 Å². The van der Waals surface area contributed by atoms with Crippen LogP contribution in [0, 0.1) is 21.8 Å². The van der Waals surface area contributed by atoms with Crippen molar-refractivity contribution in [1.29, 1.82) is 0 Å². The summed E-state index contributed by atoms with van der Waals surface area (Å²) in [5.74, 6) is -0.377. The van der Waals surface area contributed by atoms with E-state index in [1.54, 1.807) is 6.07 Å². The van der Waals surface area contributed by atoms with Gasteiger partial charge in [0.05, 0.1) is 10.5 Å². The van der Waals surface area contributed by atoms with Gasteiger partial charge >= 0.3 is 5.69 Å². The predicted molar refractivity (Wildman–Crippen MR) is 66.0 cm³/mol. The first-order chi connectivity index (χ1) is 8.98. The lowest BCUT2D eigenvalue weighted by Gasteiger charge is -2.47. The molecule has 0 bridgehead atoms. The first kappa shape index (κ1) is 12.5. The SMILES string of the molecule is O=[N+]([O-])c1ccc(CN2CC(O)(C3CC3)C2)cc1F. The number of nitrogens with zero attached hydrogens (tertiary/aromatic N) is 2. The van der Waals surface area contributed by atoms with Gasteiger partial charge in [-0.25, -0.2) is 0 Å². The third kappa shape index (κ3) is 2.33. The van der Waals surface area contributed by atoms with Crippen LogP contribution in [0.25, 0.3) is 0 Å². The van der Waals surface area contributed by atoms with Crippen molar-refractivity contribution in [3.05, 3.63) is 39.7 Å². The Hall–Kier alpha value is -1.53. The smallest absolute Gasteiger partial charge is 0.304 e. The van der Waals surface area contributed by atoms with Crippen LogP contribution >= 0.6 is 0 Å². The lowest BCUT2D eigenvalue weighted by Crippen LogP contribution is -2.62. The normalized spacial score (nSPS) is 22.0. The van der Waals surface area contributed by atoms with E-state index in [4.69, 9.17) is 0 Å². The molecular weight excluding hydrogens is 251 g/mol. The molecule has 2 aliphatic rings. The van der Waals surface area contributed by atoms with Crippen LogP contribution in [0.1, 0.15) is 18.4 Å². The zero-order valence-corrected chi connectivity index (χ0v) is 10.4. The molecule has 0 unspecified atom stereocenters. The number of hydrogen-bond acceptors (Lipinski definition) is 4. The van der Waals surface area contributed by atoms with Crippen molar-refractivity contribution in [2.45, 2.75) is 25.0 Å². The lowest BCUT2D eigenvalue weighted by atomic mass is 9.88. The molecule has 2 fully saturated rings. The van der Waals surface area contributed by atoms with E-state index in [2.05, 4.69) is 0 Å². The van der Waals surface area contributed by atoms with E-state index in [-0.39, 0.29) is 0 Å². The van der Waals surface area contributed by atoms with Gasteiger partial charge < -0.3 is 5.11 Å². The Labute approximate surface area is 109 Å². The van der Waals surface area contributed by atoms with Crippen LogP contribution < -0.4 is 0 Å². The fourth-order valence-corrected chi connectivity index (χ4v) is 2.77. The molecule has 0 radical (unpaired) electrons. The molecule has 1 aromatic carbocycles. The molecule has 1 aliphatic heterocycles. The molecule has 1 aromatic rings. The first-order valence-electron chi connectivity index (χ1n) is 6.35. The molecule has 0 aromatic heterocycles. The lowest BCUT2D eigenvalue weighted by molar-refractivity contribution is -0.387. The van der Waals surface area contributed by atoms with Gasteiger partial charge in [0.15, 0.2) is 0 Å². The van der Waals surface area contributed by atoms with Crippen LogP contribution in [0.15, 0.2) is 18.2 Å². The molecule has 19 heavy (non-hydrogen) atoms. The fraction of sp³-hybridized carbons (Fsp3) is 0.538. The molecule has 6 heteroatoms. The van der Waals surface area contributed by atoms with Gasteiger partial charge in [-0.05, 0) is 30.4 Å². The monoisotopic (exact) mass is 266 g/mol. The number of β-amino-alcohol motifs (C(OH)–C–C–N with tert-alkyl or cyclic N) is 1. The summed E-state index contributed by atoms with van der Waals surface area (Å²) in [6.45, 7) is 1.73.